The Morgan fingerprint density at radius 2 is 2.56 bits per heavy atom. The molecule has 0 aliphatic heterocycles. The second kappa shape index (κ2) is 4.96. The van der Waals surface area contributed by atoms with Crippen molar-refractivity contribution in [1.29, 1.82) is 0 Å². The first-order valence-corrected chi connectivity index (χ1v) is 4.27. The highest BCUT2D eigenvalue weighted by molar-refractivity contribution is 7.97. The van der Waals surface area contributed by atoms with E-state index in [1.807, 2.05) is 0 Å². The van der Waals surface area contributed by atoms with Gasteiger partial charge in [0, 0.05) is 12.0 Å². The first kappa shape index (κ1) is 9.13. The third-order valence-corrected chi connectivity index (χ3v) is 1.53. The normalized spacial score (nSPS) is 12.8. The van der Waals surface area contributed by atoms with Crippen molar-refractivity contribution in [2.24, 2.45) is 5.73 Å². The Kier molecular flexibility index (Phi) is 5.03. The molecule has 0 radical (unpaired) electrons. The summed E-state index contributed by atoms with van der Waals surface area (Å²) in [6.45, 7) is 0. The van der Waals surface area contributed by atoms with E-state index in [4.69, 9.17) is 5.73 Å². The topological polar surface area (TPSA) is 55.1 Å². The molecule has 0 spiro atoms. The summed E-state index contributed by atoms with van der Waals surface area (Å²) in [6, 6.07) is -0.485. The number of amides is 1. The minimum atomic E-state index is -0.485. The number of thiol groups is 1. The lowest BCUT2D eigenvalue weighted by molar-refractivity contribution is -0.119. The van der Waals surface area contributed by atoms with Crippen LogP contribution in [0.5, 0.6) is 0 Å². The lowest BCUT2D eigenvalue weighted by Gasteiger charge is -2.05. The van der Waals surface area contributed by atoms with Crippen molar-refractivity contribution in [3.05, 3.63) is 0 Å². The van der Waals surface area contributed by atoms with Gasteiger partial charge in [0.1, 0.15) is 0 Å². The highest BCUT2D eigenvalue weighted by Crippen LogP contribution is 1.87. The molecule has 3 N–H and O–H groups in total. The van der Waals surface area contributed by atoms with E-state index in [0.717, 1.165) is 0 Å². The van der Waals surface area contributed by atoms with E-state index in [0.29, 0.717) is 5.75 Å². The smallest absolute Gasteiger partial charge is 0.247 e. The molecule has 0 aliphatic rings. The maximum absolute atomic E-state index is 10.7. The molecule has 54 valence electrons. The van der Waals surface area contributed by atoms with Gasteiger partial charge >= 0.3 is 0 Å². The van der Waals surface area contributed by atoms with E-state index >= 15 is 0 Å². The van der Waals surface area contributed by atoms with Crippen molar-refractivity contribution < 1.29 is 4.79 Å². The number of rotatable bonds is 3. The SMILES string of the molecule is CSNC(=O)[C@@H](N)CS. The molecule has 0 aromatic heterocycles. The fourth-order valence-electron chi connectivity index (χ4n) is 0.259. The van der Waals surface area contributed by atoms with Crippen LogP contribution in [0.2, 0.25) is 0 Å². The second-order valence-corrected chi connectivity index (χ2v) is 2.44. The summed E-state index contributed by atoms with van der Waals surface area (Å²) in [5.74, 6) is 0.212. The predicted octanol–water partition coefficient (Wildman–Crippen LogP) is -0.362. The molecular formula is C4H10N2OS2. The largest absolute Gasteiger partial charge is 0.319 e. The summed E-state index contributed by atoms with van der Waals surface area (Å²) in [6.07, 6.45) is 1.77. The molecule has 1 atom stereocenters. The van der Waals surface area contributed by atoms with Crippen LogP contribution in [-0.4, -0.2) is 24.0 Å². The van der Waals surface area contributed by atoms with Crippen molar-refractivity contribution in [1.82, 2.24) is 4.72 Å². The predicted molar refractivity (Wildman–Crippen MR) is 43.5 cm³/mol. The zero-order chi connectivity index (χ0) is 7.28. The van der Waals surface area contributed by atoms with E-state index in [1.54, 1.807) is 6.26 Å². The van der Waals surface area contributed by atoms with Gasteiger partial charge in [-0.1, -0.05) is 11.9 Å². The average Bonchev–Trinajstić information content (AvgIpc) is 1.87. The van der Waals surface area contributed by atoms with Crippen LogP contribution in [0.15, 0.2) is 0 Å². The molecule has 0 saturated carbocycles. The minimum absolute atomic E-state index is 0.169. The Bertz CT molecular complexity index is 98.6. The van der Waals surface area contributed by atoms with Crippen LogP contribution in [0, 0.1) is 0 Å². The number of carbonyl (C=O) groups excluding carboxylic acids is 1. The molecule has 9 heavy (non-hydrogen) atoms. The van der Waals surface area contributed by atoms with Crippen molar-refractivity contribution in [3.63, 3.8) is 0 Å². The first-order valence-electron chi connectivity index (χ1n) is 2.41. The second-order valence-electron chi connectivity index (χ2n) is 1.46. The van der Waals surface area contributed by atoms with Crippen molar-refractivity contribution in [2.75, 3.05) is 12.0 Å². The van der Waals surface area contributed by atoms with Crippen LogP contribution in [0.1, 0.15) is 0 Å². The Labute approximate surface area is 64.3 Å². The third-order valence-electron chi connectivity index (χ3n) is 0.736. The van der Waals surface area contributed by atoms with E-state index in [-0.39, 0.29) is 5.91 Å². The fourth-order valence-corrected chi connectivity index (χ4v) is 0.778. The molecule has 0 aliphatic carbocycles. The molecule has 0 aromatic carbocycles. The molecule has 0 aromatic rings. The molecular weight excluding hydrogens is 156 g/mol. The molecule has 0 rings (SSSR count). The van der Waals surface area contributed by atoms with Gasteiger partial charge in [0.2, 0.25) is 5.91 Å². The van der Waals surface area contributed by atoms with Crippen molar-refractivity contribution in [2.45, 2.75) is 6.04 Å². The van der Waals surface area contributed by atoms with Crippen molar-refractivity contribution >= 4 is 30.5 Å². The third kappa shape index (κ3) is 3.66. The van der Waals surface area contributed by atoms with Gasteiger partial charge in [-0.15, -0.1) is 0 Å². The van der Waals surface area contributed by atoms with Gasteiger partial charge in [-0.25, -0.2) is 0 Å². The average molecular weight is 166 g/mol. The van der Waals surface area contributed by atoms with Crippen molar-refractivity contribution in [3.8, 4) is 0 Å². The van der Waals surface area contributed by atoms with Gasteiger partial charge in [0.25, 0.3) is 0 Å². The Hall–Kier alpha value is 0.130. The summed E-state index contributed by atoms with van der Waals surface area (Å²) >= 11 is 5.09. The molecule has 0 saturated heterocycles. The summed E-state index contributed by atoms with van der Waals surface area (Å²) in [4.78, 5) is 10.7. The lowest BCUT2D eigenvalue weighted by atomic mass is 10.3. The molecule has 0 bridgehead atoms. The highest BCUT2D eigenvalue weighted by Gasteiger charge is 2.08. The Morgan fingerprint density at radius 1 is 2.00 bits per heavy atom. The van der Waals surface area contributed by atoms with Gasteiger partial charge in [-0.3, -0.25) is 9.52 Å². The molecule has 0 fully saturated rings. The van der Waals surface area contributed by atoms with E-state index in [9.17, 15) is 4.79 Å². The molecule has 0 unspecified atom stereocenters. The summed E-state index contributed by atoms with van der Waals surface area (Å²) in [5, 5.41) is 0. The van der Waals surface area contributed by atoms with Gasteiger partial charge in [-0.05, 0) is 0 Å². The molecule has 5 heteroatoms. The minimum Gasteiger partial charge on any atom is -0.319 e. The number of hydrogen-bond acceptors (Lipinski definition) is 4. The van der Waals surface area contributed by atoms with E-state index in [2.05, 4.69) is 17.4 Å². The molecule has 1 amide bonds. The van der Waals surface area contributed by atoms with Crippen LogP contribution in [0.4, 0.5) is 0 Å². The quantitative estimate of drug-likeness (QED) is 0.396. The van der Waals surface area contributed by atoms with Gasteiger partial charge in [0.05, 0.1) is 6.04 Å². The number of carbonyl (C=O) groups is 1. The van der Waals surface area contributed by atoms with Gasteiger partial charge < -0.3 is 5.73 Å². The van der Waals surface area contributed by atoms with Crippen LogP contribution in [0.25, 0.3) is 0 Å². The van der Waals surface area contributed by atoms with Crippen LogP contribution in [0.3, 0.4) is 0 Å². The monoisotopic (exact) mass is 166 g/mol. The standard InChI is InChI=1S/C4H10N2OS2/c1-9-6-4(7)3(5)2-8/h3,8H,2,5H2,1H3,(H,6,7)/t3-/m0/s1. The highest BCUT2D eigenvalue weighted by atomic mass is 32.2. The lowest BCUT2D eigenvalue weighted by Crippen LogP contribution is -2.38. The molecule has 0 heterocycles. The maximum Gasteiger partial charge on any atom is 0.247 e. The van der Waals surface area contributed by atoms with Crippen LogP contribution < -0.4 is 10.5 Å². The van der Waals surface area contributed by atoms with E-state index in [1.165, 1.54) is 11.9 Å². The first-order chi connectivity index (χ1) is 4.22. The number of hydrogen-bond donors (Lipinski definition) is 3. The van der Waals surface area contributed by atoms with Gasteiger partial charge in [0.15, 0.2) is 0 Å². The van der Waals surface area contributed by atoms with Gasteiger partial charge in [-0.2, -0.15) is 12.6 Å². The number of nitrogens with two attached hydrogens (primary N) is 1. The summed E-state index contributed by atoms with van der Waals surface area (Å²) in [7, 11) is 0. The van der Waals surface area contributed by atoms with Crippen LogP contribution in [-0.2, 0) is 4.79 Å². The Balaban J connectivity index is 3.46. The number of nitrogens with one attached hydrogen (secondary N) is 1. The summed E-state index contributed by atoms with van der Waals surface area (Å²) < 4.78 is 2.50. The molecule has 3 nitrogen and oxygen atoms in total. The zero-order valence-corrected chi connectivity index (χ0v) is 6.84. The Morgan fingerprint density at radius 3 is 2.89 bits per heavy atom. The fraction of sp³-hybridized carbons (Fsp3) is 0.750. The maximum atomic E-state index is 10.7. The summed E-state index contributed by atoms with van der Waals surface area (Å²) in [5.41, 5.74) is 5.30. The zero-order valence-electron chi connectivity index (χ0n) is 5.13. The van der Waals surface area contributed by atoms with Crippen LogP contribution >= 0.6 is 24.6 Å². The van der Waals surface area contributed by atoms with E-state index < -0.39 is 6.04 Å².